The molecular formula is C12H19NO2. The Kier molecular flexibility index (Phi) is 2.74. The van der Waals surface area contributed by atoms with E-state index in [0.29, 0.717) is 32.0 Å². The van der Waals surface area contributed by atoms with Crippen LogP contribution in [-0.4, -0.2) is 23.9 Å². The van der Waals surface area contributed by atoms with Gasteiger partial charge in [0.1, 0.15) is 0 Å². The van der Waals surface area contributed by atoms with Crippen molar-refractivity contribution >= 4 is 0 Å². The van der Waals surface area contributed by atoms with Gasteiger partial charge >= 0.3 is 0 Å². The van der Waals surface area contributed by atoms with Crippen molar-refractivity contribution in [1.29, 1.82) is 5.26 Å². The van der Waals surface area contributed by atoms with Gasteiger partial charge in [-0.25, -0.2) is 0 Å². The highest BCUT2D eigenvalue weighted by Gasteiger charge is 2.54. The Morgan fingerprint density at radius 1 is 1.33 bits per heavy atom. The minimum absolute atomic E-state index is 0.545. The number of nitrogens with zero attached hydrogens (tertiary/aromatic N) is 1. The van der Waals surface area contributed by atoms with Crippen LogP contribution in [0.3, 0.4) is 0 Å². The van der Waals surface area contributed by atoms with Gasteiger partial charge in [0.05, 0.1) is 17.1 Å². The minimum Gasteiger partial charge on any atom is -0.388 e. The van der Waals surface area contributed by atoms with Gasteiger partial charge in [-0.2, -0.15) is 5.26 Å². The van der Waals surface area contributed by atoms with Crippen LogP contribution in [0.4, 0.5) is 0 Å². The second-order valence-corrected chi connectivity index (χ2v) is 5.19. The minimum atomic E-state index is -0.759. The van der Waals surface area contributed by atoms with Crippen molar-refractivity contribution in [2.24, 2.45) is 11.3 Å². The fraction of sp³-hybridized carbons (Fsp3) is 0.917. The third-order valence-corrected chi connectivity index (χ3v) is 4.19. The molecule has 0 bridgehead atoms. The second-order valence-electron chi connectivity index (χ2n) is 5.19. The van der Waals surface area contributed by atoms with Gasteiger partial charge in [0, 0.05) is 13.2 Å². The maximum Gasteiger partial charge on any atom is 0.0903 e. The zero-order chi connectivity index (χ0) is 10.9. The number of ether oxygens (including phenoxy) is 1. The van der Waals surface area contributed by atoms with Crippen LogP contribution in [0.25, 0.3) is 0 Å². The molecule has 3 nitrogen and oxygen atoms in total. The average Bonchev–Trinajstić information content (AvgIpc) is 2.61. The largest absolute Gasteiger partial charge is 0.388 e. The summed E-state index contributed by atoms with van der Waals surface area (Å²) >= 11 is 0. The first-order valence-corrected chi connectivity index (χ1v) is 5.83. The fourth-order valence-corrected chi connectivity index (χ4v) is 3.10. The lowest BCUT2D eigenvalue weighted by Crippen LogP contribution is -2.49. The molecule has 1 aliphatic heterocycles. The van der Waals surface area contributed by atoms with Gasteiger partial charge in [0.15, 0.2) is 0 Å². The second kappa shape index (κ2) is 3.77. The van der Waals surface area contributed by atoms with Crippen LogP contribution in [0.2, 0.25) is 0 Å². The van der Waals surface area contributed by atoms with Gasteiger partial charge in [0.2, 0.25) is 0 Å². The third-order valence-electron chi connectivity index (χ3n) is 4.19. The lowest BCUT2D eigenvalue weighted by molar-refractivity contribution is -0.101. The molecule has 0 aromatic carbocycles. The molecule has 2 fully saturated rings. The Morgan fingerprint density at radius 3 is 2.47 bits per heavy atom. The van der Waals surface area contributed by atoms with Crippen molar-refractivity contribution in [1.82, 2.24) is 0 Å². The van der Waals surface area contributed by atoms with E-state index in [-0.39, 0.29) is 0 Å². The molecular weight excluding hydrogens is 190 g/mol. The molecule has 2 atom stereocenters. The molecule has 0 spiro atoms. The summed E-state index contributed by atoms with van der Waals surface area (Å²) in [4.78, 5) is 0. The fourth-order valence-electron chi connectivity index (χ4n) is 3.10. The molecule has 3 heteroatoms. The molecule has 0 amide bonds. The van der Waals surface area contributed by atoms with Gasteiger partial charge in [-0.05, 0) is 38.0 Å². The van der Waals surface area contributed by atoms with E-state index >= 15 is 0 Å². The third kappa shape index (κ3) is 1.66. The van der Waals surface area contributed by atoms with Gasteiger partial charge in [-0.15, -0.1) is 0 Å². The maximum absolute atomic E-state index is 10.7. The first-order chi connectivity index (χ1) is 7.12. The van der Waals surface area contributed by atoms with E-state index in [1.807, 2.05) is 0 Å². The Morgan fingerprint density at radius 2 is 2.00 bits per heavy atom. The van der Waals surface area contributed by atoms with E-state index in [1.165, 1.54) is 0 Å². The van der Waals surface area contributed by atoms with Crippen molar-refractivity contribution in [3.05, 3.63) is 0 Å². The van der Waals surface area contributed by atoms with Crippen LogP contribution < -0.4 is 0 Å². The number of aliphatic hydroxyl groups is 1. The monoisotopic (exact) mass is 209 g/mol. The summed E-state index contributed by atoms with van der Waals surface area (Å²) in [6, 6.07) is 2.39. The standard InChI is InChI=1S/C12H19NO2/c1-10-2-3-12(14,8-10)11(9-13)4-6-15-7-5-11/h10,14H,2-8H2,1H3. The summed E-state index contributed by atoms with van der Waals surface area (Å²) in [6.45, 7) is 3.39. The highest BCUT2D eigenvalue weighted by Crippen LogP contribution is 2.50. The first-order valence-electron chi connectivity index (χ1n) is 5.83. The van der Waals surface area contributed by atoms with Crippen LogP contribution >= 0.6 is 0 Å². The highest BCUT2D eigenvalue weighted by atomic mass is 16.5. The Labute approximate surface area is 91.0 Å². The molecule has 0 aromatic rings. The number of hydrogen-bond acceptors (Lipinski definition) is 3. The van der Waals surface area contributed by atoms with Crippen molar-refractivity contribution in [3.8, 4) is 6.07 Å². The van der Waals surface area contributed by atoms with E-state index in [4.69, 9.17) is 4.74 Å². The molecule has 2 unspecified atom stereocenters. The molecule has 1 N–H and O–H groups in total. The summed E-state index contributed by atoms with van der Waals surface area (Å²) in [7, 11) is 0. The van der Waals surface area contributed by atoms with Gasteiger partial charge < -0.3 is 9.84 Å². The molecule has 0 radical (unpaired) electrons. The number of nitriles is 1. The van der Waals surface area contributed by atoms with Gasteiger partial charge in [0.25, 0.3) is 0 Å². The summed E-state index contributed by atoms with van der Waals surface area (Å²) in [5.41, 5.74) is -1.30. The Hall–Kier alpha value is -0.590. The van der Waals surface area contributed by atoms with E-state index in [1.54, 1.807) is 0 Å². The van der Waals surface area contributed by atoms with E-state index < -0.39 is 11.0 Å². The maximum atomic E-state index is 10.7. The van der Waals surface area contributed by atoms with Crippen LogP contribution in [-0.2, 0) is 4.74 Å². The van der Waals surface area contributed by atoms with Gasteiger partial charge in [-0.3, -0.25) is 0 Å². The molecule has 15 heavy (non-hydrogen) atoms. The number of hydrogen-bond donors (Lipinski definition) is 1. The lowest BCUT2D eigenvalue weighted by Gasteiger charge is -2.42. The molecule has 1 heterocycles. The van der Waals surface area contributed by atoms with E-state index in [9.17, 15) is 10.4 Å². The molecule has 84 valence electrons. The summed E-state index contributed by atoms with van der Waals surface area (Å²) in [6.07, 6.45) is 3.97. The Bertz CT molecular complexity index is 278. The van der Waals surface area contributed by atoms with Crippen LogP contribution in [0.15, 0.2) is 0 Å². The quantitative estimate of drug-likeness (QED) is 0.717. The van der Waals surface area contributed by atoms with Crippen molar-refractivity contribution in [2.45, 2.75) is 44.6 Å². The predicted octanol–water partition coefficient (Wildman–Crippen LogP) is 1.86. The van der Waals surface area contributed by atoms with Gasteiger partial charge in [-0.1, -0.05) is 6.92 Å². The van der Waals surface area contributed by atoms with E-state index in [0.717, 1.165) is 19.3 Å². The highest BCUT2D eigenvalue weighted by molar-refractivity contribution is 5.14. The zero-order valence-electron chi connectivity index (χ0n) is 9.33. The SMILES string of the molecule is CC1CCC(O)(C2(C#N)CCOCC2)C1. The molecule has 0 aromatic heterocycles. The summed E-state index contributed by atoms with van der Waals surface area (Å²) in [5, 5.41) is 20.0. The predicted molar refractivity (Wildman–Crippen MR) is 56.1 cm³/mol. The zero-order valence-corrected chi connectivity index (χ0v) is 9.33. The molecule has 1 saturated carbocycles. The smallest absolute Gasteiger partial charge is 0.0903 e. The summed E-state index contributed by atoms with van der Waals surface area (Å²) < 4.78 is 5.30. The normalized spacial score (nSPS) is 39.9. The molecule has 2 rings (SSSR count). The van der Waals surface area contributed by atoms with E-state index in [2.05, 4.69) is 13.0 Å². The van der Waals surface area contributed by atoms with Crippen molar-refractivity contribution in [2.75, 3.05) is 13.2 Å². The topological polar surface area (TPSA) is 53.2 Å². The summed E-state index contributed by atoms with van der Waals surface area (Å²) in [5.74, 6) is 0.545. The van der Waals surface area contributed by atoms with Crippen molar-refractivity contribution < 1.29 is 9.84 Å². The van der Waals surface area contributed by atoms with Crippen LogP contribution in [0.1, 0.15) is 39.0 Å². The van der Waals surface area contributed by atoms with Crippen LogP contribution in [0, 0.1) is 22.7 Å². The molecule has 1 saturated heterocycles. The molecule has 1 aliphatic carbocycles. The Balaban J connectivity index is 2.22. The van der Waals surface area contributed by atoms with Crippen LogP contribution in [0.5, 0.6) is 0 Å². The average molecular weight is 209 g/mol. The first kappa shape index (κ1) is 10.9. The molecule has 2 aliphatic rings. The number of rotatable bonds is 1. The lowest BCUT2D eigenvalue weighted by atomic mass is 9.66. The van der Waals surface area contributed by atoms with Crippen molar-refractivity contribution in [3.63, 3.8) is 0 Å².